The smallest absolute Gasteiger partial charge is 0.258 e. The number of allylic oxidation sites excluding steroid dienone is 1. The van der Waals surface area contributed by atoms with Crippen LogP contribution in [0, 0.1) is 16.0 Å². The van der Waals surface area contributed by atoms with E-state index in [1.165, 1.54) is 31.4 Å². The van der Waals surface area contributed by atoms with Crippen molar-refractivity contribution in [1.82, 2.24) is 0 Å². The maximum absolute atomic E-state index is 10.8. The lowest BCUT2D eigenvalue weighted by Crippen LogP contribution is -2.10. The van der Waals surface area contributed by atoms with Crippen LogP contribution in [-0.4, -0.2) is 10.8 Å². The molecular formula is C15H17Cl2NO2. The van der Waals surface area contributed by atoms with Crippen LogP contribution in [0.1, 0.15) is 37.7 Å². The van der Waals surface area contributed by atoms with Gasteiger partial charge in [0.25, 0.3) is 5.69 Å². The molecule has 20 heavy (non-hydrogen) atoms. The molecule has 0 bridgehead atoms. The van der Waals surface area contributed by atoms with Gasteiger partial charge in [0.15, 0.2) is 0 Å². The second-order valence-electron chi connectivity index (χ2n) is 5.15. The molecule has 0 spiro atoms. The molecule has 108 valence electrons. The van der Waals surface area contributed by atoms with Crippen LogP contribution in [0.2, 0.25) is 5.02 Å². The van der Waals surface area contributed by atoms with E-state index in [1.54, 1.807) is 6.07 Å². The summed E-state index contributed by atoms with van der Waals surface area (Å²) in [5.41, 5.74) is 1.87. The van der Waals surface area contributed by atoms with Gasteiger partial charge in [0.1, 0.15) is 0 Å². The molecule has 5 heteroatoms. The molecule has 0 aliphatic heterocycles. The first kappa shape index (κ1) is 15.3. The van der Waals surface area contributed by atoms with Gasteiger partial charge in [-0.25, -0.2) is 0 Å². The molecule has 0 atom stereocenters. The minimum Gasteiger partial charge on any atom is -0.258 e. The molecule has 1 fully saturated rings. The number of nitro groups is 1. The van der Waals surface area contributed by atoms with Gasteiger partial charge in [-0.15, -0.1) is 11.6 Å². The third-order valence-electron chi connectivity index (χ3n) is 3.82. The summed E-state index contributed by atoms with van der Waals surface area (Å²) in [6, 6.07) is 4.50. The normalized spacial score (nSPS) is 17.2. The van der Waals surface area contributed by atoms with Gasteiger partial charge in [0, 0.05) is 23.0 Å². The lowest BCUT2D eigenvalue weighted by Gasteiger charge is -2.23. The van der Waals surface area contributed by atoms with Crippen molar-refractivity contribution in [3.05, 3.63) is 44.5 Å². The minimum atomic E-state index is -0.408. The molecule has 0 N–H and O–H groups in total. The van der Waals surface area contributed by atoms with E-state index in [-0.39, 0.29) is 5.69 Å². The third kappa shape index (κ3) is 3.74. The van der Waals surface area contributed by atoms with Crippen LogP contribution >= 0.6 is 23.2 Å². The van der Waals surface area contributed by atoms with Gasteiger partial charge in [-0.2, -0.15) is 0 Å². The lowest BCUT2D eigenvalue weighted by molar-refractivity contribution is -0.384. The molecule has 3 nitrogen and oxygen atoms in total. The molecule has 2 rings (SSSR count). The molecule has 1 aliphatic carbocycles. The minimum absolute atomic E-state index is 0.0539. The topological polar surface area (TPSA) is 43.1 Å². The van der Waals surface area contributed by atoms with Crippen molar-refractivity contribution < 1.29 is 4.92 Å². The van der Waals surface area contributed by atoms with Gasteiger partial charge in [-0.1, -0.05) is 42.5 Å². The van der Waals surface area contributed by atoms with Gasteiger partial charge in [0.05, 0.1) is 4.92 Å². The summed E-state index contributed by atoms with van der Waals surface area (Å²) in [5.74, 6) is 0.931. The summed E-state index contributed by atoms with van der Waals surface area (Å²) in [5, 5.41) is 11.4. The van der Waals surface area contributed by atoms with E-state index >= 15 is 0 Å². The van der Waals surface area contributed by atoms with E-state index in [9.17, 15) is 10.1 Å². The standard InChI is InChI=1S/C15H17Cl2NO2/c16-10-13(11-4-2-1-3-5-11)8-12-9-14(18(19)20)6-7-15(12)17/h6-9,11H,1-5,10H2/b13-8-. The summed E-state index contributed by atoms with van der Waals surface area (Å²) in [7, 11) is 0. The molecule has 1 aromatic rings. The Kier molecular flexibility index (Phi) is 5.44. The largest absolute Gasteiger partial charge is 0.270 e. The average molecular weight is 314 g/mol. The Labute approximate surface area is 128 Å². The van der Waals surface area contributed by atoms with Crippen molar-refractivity contribution in [2.45, 2.75) is 32.1 Å². The van der Waals surface area contributed by atoms with Gasteiger partial charge in [-0.05, 0) is 30.4 Å². The van der Waals surface area contributed by atoms with E-state index < -0.39 is 4.92 Å². The Hall–Kier alpha value is -1.06. The number of nitrogens with zero attached hydrogens (tertiary/aromatic N) is 1. The molecule has 0 saturated heterocycles. The van der Waals surface area contributed by atoms with Crippen molar-refractivity contribution in [1.29, 1.82) is 0 Å². The van der Waals surface area contributed by atoms with E-state index in [1.807, 2.05) is 6.08 Å². The van der Waals surface area contributed by atoms with E-state index in [4.69, 9.17) is 23.2 Å². The lowest BCUT2D eigenvalue weighted by atomic mass is 9.83. The molecule has 0 heterocycles. The Balaban J connectivity index is 2.30. The van der Waals surface area contributed by atoms with Crippen molar-refractivity contribution in [3.63, 3.8) is 0 Å². The Bertz CT molecular complexity index is 523. The summed E-state index contributed by atoms with van der Waals surface area (Å²) >= 11 is 12.2. The first-order valence-electron chi connectivity index (χ1n) is 6.82. The highest BCUT2D eigenvalue weighted by molar-refractivity contribution is 6.32. The Morgan fingerprint density at radius 1 is 1.35 bits per heavy atom. The molecule has 0 unspecified atom stereocenters. The van der Waals surface area contributed by atoms with Crippen molar-refractivity contribution in [2.24, 2.45) is 5.92 Å². The highest BCUT2D eigenvalue weighted by Gasteiger charge is 2.18. The Morgan fingerprint density at radius 2 is 2.05 bits per heavy atom. The summed E-state index contributed by atoms with van der Waals surface area (Å²) in [6.07, 6.45) is 7.95. The van der Waals surface area contributed by atoms with Gasteiger partial charge < -0.3 is 0 Å². The van der Waals surface area contributed by atoms with Crippen LogP contribution in [-0.2, 0) is 0 Å². The van der Waals surface area contributed by atoms with Crippen molar-refractivity contribution >= 4 is 35.0 Å². The van der Waals surface area contributed by atoms with Crippen LogP contribution in [0.4, 0.5) is 5.69 Å². The predicted octanol–water partition coefficient (Wildman–Crippen LogP) is 5.45. The predicted molar refractivity (Wildman–Crippen MR) is 83.4 cm³/mol. The average Bonchev–Trinajstić information content (AvgIpc) is 2.47. The fourth-order valence-corrected chi connectivity index (χ4v) is 3.16. The number of benzene rings is 1. The van der Waals surface area contributed by atoms with Crippen LogP contribution in [0.15, 0.2) is 23.8 Å². The quantitative estimate of drug-likeness (QED) is 0.421. The highest BCUT2D eigenvalue weighted by Crippen LogP contribution is 2.33. The highest BCUT2D eigenvalue weighted by atomic mass is 35.5. The second-order valence-corrected chi connectivity index (χ2v) is 5.83. The number of nitro benzene ring substituents is 1. The Morgan fingerprint density at radius 3 is 2.65 bits per heavy atom. The van der Waals surface area contributed by atoms with Gasteiger partial charge in [-0.3, -0.25) is 10.1 Å². The van der Waals surface area contributed by atoms with Gasteiger partial charge in [0.2, 0.25) is 0 Å². The maximum atomic E-state index is 10.8. The molecule has 0 amide bonds. The third-order valence-corrected chi connectivity index (χ3v) is 4.47. The van der Waals surface area contributed by atoms with Crippen LogP contribution in [0.25, 0.3) is 6.08 Å². The maximum Gasteiger partial charge on any atom is 0.270 e. The SMILES string of the molecule is O=[N+]([O-])c1ccc(Cl)c(/C=C(/CCl)C2CCCCC2)c1. The van der Waals surface area contributed by atoms with E-state index in [2.05, 4.69) is 0 Å². The van der Waals surface area contributed by atoms with E-state index in [0.29, 0.717) is 22.4 Å². The number of hydrogen-bond acceptors (Lipinski definition) is 2. The zero-order chi connectivity index (χ0) is 14.5. The van der Waals surface area contributed by atoms with Crippen LogP contribution in [0.5, 0.6) is 0 Å². The first-order valence-corrected chi connectivity index (χ1v) is 7.73. The first-order chi connectivity index (χ1) is 9.61. The molecule has 0 radical (unpaired) electrons. The number of halogens is 2. The summed E-state index contributed by atoms with van der Waals surface area (Å²) in [6.45, 7) is 0. The molecular weight excluding hydrogens is 297 g/mol. The number of alkyl halides is 1. The molecule has 1 saturated carbocycles. The van der Waals surface area contributed by atoms with E-state index in [0.717, 1.165) is 18.4 Å². The second kappa shape index (κ2) is 7.09. The zero-order valence-electron chi connectivity index (χ0n) is 11.1. The summed E-state index contributed by atoms with van der Waals surface area (Å²) < 4.78 is 0. The number of non-ortho nitro benzene ring substituents is 1. The number of rotatable bonds is 4. The zero-order valence-corrected chi connectivity index (χ0v) is 12.7. The summed E-state index contributed by atoms with van der Waals surface area (Å²) in [4.78, 5) is 10.4. The van der Waals surface area contributed by atoms with Crippen molar-refractivity contribution in [3.8, 4) is 0 Å². The fourth-order valence-electron chi connectivity index (χ4n) is 2.69. The monoisotopic (exact) mass is 313 g/mol. The van der Waals surface area contributed by atoms with Gasteiger partial charge >= 0.3 is 0 Å². The molecule has 1 aliphatic rings. The molecule has 1 aromatic carbocycles. The number of hydrogen-bond donors (Lipinski definition) is 0. The van der Waals surface area contributed by atoms with Crippen LogP contribution in [0.3, 0.4) is 0 Å². The van der Waals surface area contributed by atoms with Crippen molar-refractivity contribution in [2.75, 3.05) is 5.88 Å². The van der Waals surface area contributed by atoms with Crippen LogP contribution < -0.4 is 0 Å². The molecule has 0 aromatic heterocycles. The fraction of sp³-hybridized carbons (Fsp3) is 0.467.